The number of nitrogens with zero attached hydrogens (tertiary/aromatic N) is 6. The number of halogens is 1. The quantitative estimate of drug-likeness (QED) is 0.242. The summed E-state index contributed by atoms with van der Waals surface area (Å²) in [5.41, 5.74) is 4.63. The number of aliphatic hydroxyl groups is 1. The van der Waals surface area contributed by atoms with Gasteiger partial charge in [-0.2, -0.15) is 5.26 Å². The molecule has 0 saturated carbocycles. The fourth-order valence-corrected chi connectivity index (χ4v) is 5.89. The van der Waals surface area contributed by atoms with Crippen LogP contribution in [0.1, 0.15) is 18.4 Å². The highest BCUT2D eigenvalue weighted by Crippen LogP contribution is 2.36. The number of piperidine rings is 1. The average molecular weight is 568 g/mol. The third-order valence-corrected chi connectivity index (χ3v) is 8.62. The molecule has 2 N–H and O–H groups in total. The summed E-state index contributed by atoms with van der Waals surface area (Å²) < 4.78 is 1.94. The van der Waals surface area contributed by atoms with E-state index < -0.39 is 0 Å². The molecule has 200 valence electrons. The molecule has 10 heteroatoms. The molecular formula is C30H26ClN7OS. The normalized spacial score (nSPS) is 13.9. The van der Waals surface area contributed by atoms with Gasteiger partial charge in [-0.15, -0.1) is 0 Å². The molecule has 0 unspecified atom stereocenters. The first kappa shape index (κ1) is 26.1. The summed E-state index contributed by atoms with van der Waals surface area (Å²) in [6, 6.07) is 18.1. The molecule has 0 aliphatic carbocycles. The van der Waals surface area contributed by atoms with Crippen LogP contribution in [0, 0.1) is 11.3 Å². The van der Waals surface area contributed by atoms with E-state index >= 15 is 0 Å². The number of imidazole rings is 1. The van der Waals surface area contributed by atoms with Crippen LogP contribution in [0.5, 0.6) is 0 Å². The van der Waals surface area contributed by atoms with E-state index in [1.807, 2.05) is 66.5 Å². The Hall–Kier alpha value is -4.10. The lowest BCUT2D eigenvalue weighted by molar-refractivity contribution is 0.145. The van der Waals surface area contributed by atoms with Gasteiger partial charge in [-0.05, 0) is 54.8 Å². The zero-order chi connectivity index (χ0) is 27.6. The van der Waals surface area contributed by atoms with E-state index in [0.717, 1.165) is 69.5 Å². The van der Waals surface area contributed by atoms with Crippen molar-refractivity contribution in [2.24, 2.45) is 7.05 Å². The lowest BCUT2D eigenvalue weighted by Crippen LogP contribution is -2.36. The third kappa shape index (κ3) is 5.34. The van der Waals surface area contributed by atoms with Crippen molar-refractivity contribution in [3.63, 3.8) is 0 Å². The van der Waals surface area contributed by atoms with E-state index in [0.29, 0.717) is 16.3 Å². The van der Waals surface area contributed by atoms with E-state index in [1.165, 1.54) is 11.8 Å². The van der Waals surface area contributed by atoms with Crippen LogP contribution in [-0.4, -0.2) is 43.8 Å². The molecule has 0 bridgehead atoms. The van der Waals surface area contributed by atoms with E-state index in [4.69, 9.17) is 11.6 Å². The molecule has 40 heavy (non-hydrogen) atoms. The average Bonchev–Trinajstić information content (AvgIpc) is 3.39. The van der Waals surface area contributed by atoms with Crippen molar-refractivity contribution in [2.75, 3.05) is 23.3 Å². The van der Waals surface area contributed by atoms with Crippen LogP contribution < -0.4 is 10.2 Å². The fraction of sp³-hybridized carbons (Fsp3) is 0.200. The second kappa shape index (κ2) is 11.2. The first-order valence-electron chi connectivity index (χ1n) is 12.9. The van der Waals surface area contributed by atoms with E-state index in [2.05, 4.69) is 37.3 Å². The van der Waals surface area contributed by atoms with E-state index in [1.54, 1.807) is 12.4 Å². The molecule has 1 fully saturated rings. The highest BCUT2D eigenvalue weighted by atomic mass is 35.5. The fourth-order valence-electron chi connectivity index (χ4n) is 4.79. The summed E-state index contributed by atoms with van der Waals surface area (Å²) in [5, 5.41) is 25.3. The van der Waals surface area contributed by atoms with Crippen molar-refractivity contribution >= 4 is 51.5 Å². The molecule has 8 nitrogen and oxygen atoms in total. The zero-order valence-electron chi connectivity index (χ0n) is 21.8. The van der Waals surface area contributed by atoms with E-state index in [-0.39, 0.29) is 6.10 Å². The Morgan fingerprint density at radius 3 is 2.55 bits per heavy atom. The number of aromatic nitrogens is 4. The molecule has 6 rings (SSSR count). The first-order valence-corrected chi connectivity index (χ1v) is 14.1. The number of nitrogens with one attached hydrogen (secondary N) is 1. The predicted octanol–water partition coefficient (Wildman–Crippen LogP) is 6.41. The van der Waals surface area contributed by atoms with Gasteiger partial charge in [-0.3, -0.25) is 4.98 Å². The Kier molecular flexibility index (Phi) is 7.30. The zero-order valence-corrected chi connectivity index (χ0v) is 23.3. The Morgan fingerprint density at radius 2 is 1.85 bits per heavy atom. The number of benzene rings is 2. The van der Waals surface area contributed by atoms with Crippen LogP contribution in [0.15, 0.2) is 83.4 Å². The summed E-state index contributed by atoms with van der Waals surface area (Å²) in [5.74, 6) is 0.919. The molecule has 0 radical (unpaired) electrons. The molecule has 1 aliphatic heterocycles. The number of pyridine rings is 2. The van der Waals surface area contributed by atoms with Gasteiger partial charge >= 0.3 is 0 Å². The second-order valence-electron chi connectivity index (χ2n) is 9.71. The van der Waals surface area contributed by atoms with Gasteiger partial charge in [0.15, 0.2) is 5.16 Å². The Bertz CT molecular complexity index is 1720. The number of anilines is 3. The summed E-state index contributed by atoms with van der Waals surface area (Å²) >= 11 is 8.11. The molecule has 0 amide bonds. The number of rotatable bonds is 6. The lowest BCUT2D eigenvalue weighted by atomic mass is 10.0. The van der Waals surface area contributed by atoms with Crippen LogP contribution in [0.3, 0.4) is 0 Å². The molecule has 4 heterocycles. The highest BCUT2D eigenvalue weighted by Gasteiger charge is 2.18. The summed E-state index contributed by atoms with van der Waals surface area (Å²) in [4.78, 5) is 16.7. The van der Waals surface area contributed by atoms with Gasteiger partial charge in [-0.25, -0.2) is 9.97 Å². The monoisotopic (exact) mass is 567 g/mol. The van der Waals surface area contributed by atoms with Gasteiger partial charge < -0.3 is 19.9 Å². The highest BCUT2D eigenvalue weighted by molar-refractivity contribution is 7.99. The largest absolute Gasteiger partial charge is 0.393 e. The standard InChI is InChI=1S/C30H26ClN7OS/c1-37-13-10-33-30(37)40-27-6-4-22(15-25(27)31)36-29-21(16-32)18-34-26-14-19(2-5-24(26)29)20-3-7-28(35-17-20)38-11-8-23(39)9-12-38/h2-7,10,13-15,17-18,23,39H,8-9,11-12H2,1H3,(H,34,36). The number of aryl methyl sites for hydroxylation is 1. The number of hydrogen-bond acceptors (Lipinski definition) is 8. The topological polar surface area (TPSA) is 103 Å². The van der Waals surface area contributed by atoms with Gasteiger partial charge in [-0.1, -0.05) is 35.5 Å². The summed E-state index contributed by atoms with van der Waals surface area (Å²) in [6.45, 7) is 1.61. The maximum absolute atomic E-state index is 9.81. The molecule has 5 aromatic rings. The maximum atomic E-state index is 9.81. The van der Waals surface area contributed by atoms with Gasteiger partial charge in [0.2, 0.25) is 0 Å². The number of hydrogen-bond donors (Lipinski definition) is 2. The summed E-state index contributed by atoms with van der Waals surface area (Å²) in [7, 11) is 1.94. The molecule has 1 saturated heterocycles. The number of fused-ring (bicyclic) bond motifs is 1. The van der Waals surface area contributed by atoms with Crippen molar-refractivity contribution in [3.05, 3.63) is 83.9 Å². The SMILES string of the molecule is Cn1ccnc1Sc1ccc(Nc2c(C#N)cnc3cc(-c4ccc(N5CCC(O)CC5)nc4)ccc23)cc1Cl. The molecule has 3 aromatic heterocycles. The molecule has 1 aliphatic rings. The van der Waals surface area contributed by atoms with Crippen molar-refractivity contribution in [2.45, 2.75) is 29.0 Å². The lowest BCUT2D eigenvalue weighted by Gasteiger charge is -2.30. The smallest absolute Gasteiger partial charge is 0.172 e. The van der Waals surface area contributed by atoms with Crippen LogP contribution in [0.2, 0.25) is 5.02 Å². The molecule has 0 atom stereocenters. The van der Waals surface area contributed by atoms with Crippen LogP contribution in [0.4, 0.5) is 17.2 Å². The third-order valence-electron chi connectivity index (χ3n) is 7.04. The summed E-state index contributed by atoms with van der Waals surface area (Å²) in [6.07, 6.45) is 8.42. The molecular weight excluding hydrogens is 542 g/mol. The van der Waals surface area contributed by atoms with Crippen molar-refractivity contribution < 1.29 is 5.11 Å². The van der Waals surface area contributed by atoms with E-state index in [9.17, 15) is 10.4 Å². The first-order chi connectivity index (χ1) is 19.5. The van der Waals surface area contributed by atoms with Crippen LogP contribution in [0.25, 0.3) is 22.0 Å². The minimum atomic E-state index is -0.214. The van der Waals surface area contributed by atoms with Gasteiger partial charge in [0.25, 0.3) is 0 Å². The Morgan fingerprint density at radius 1 is 1.02 bits per heavy atom. The Balaban J connectivity index is 1.26. The van der Waals surface area contributed by atoms with Gasteiger partial charge in [0.05, 0.1) is 27.9 Å². The van der Waals surface area contributed by atoms with Gasteiger partial charge in [0, 0.05) is 66.5 Å². The predicted molar refractivity (Wildman–Crippen MR) is 159 cm³/mol. The number of aliphatic hydroxyl groups excluding tert-OH is 1. The van der Waals surface area contributed by atoms with Crippen molar-refractivity contribution in [1.29, 1.82) is 5.26 Å². The molecule has 0 spiro atoms. The van der Waals surface area contributed by atoms with Crippen LogP contribution >= 0.6 is 23.4 Å². The van der Waals surface area contributed by atoms with Crippen LogP contribution in [-0.2, 0) is 7.05 Å². The minimum absolute atomic E-state index is 0.214. The minimum Gasteiger partial charge on any atom is -0.393 e. The Labute approximate surface area is 241 Å². The molecule has 2 aromatic carbocycles. The number of nitriles is 1. The maximum Gasteiger partial charge on any atom is 0.172 e. The second-order valence-corrected chi connectivity index (χ2v) is 11.1. The van der Waals surface area contributed by atoms with Crippen molar-refractivity contribution in [3.8, 4) is 17.2 Å². The van der Waals surface area contributed by atoms with Crippen molar-refractivity contribution in [1.82, 2.24) is 19.5 Å². The van der Waals surface area contributed by atoms with Gasteiger partial charge in [0.1, 0.15) is 11.9 Å².